The van der Waals surface area contributed by atoms with Crippen LogP contribution in [0.25, 0.3) is 0 Å². The van der Waals surface area contributed by atoms with Crippen molar-refractivity contribution in [1.82, 2.24) is 0 Å². The second kappa shape index (κ2) is 3.90. The molecule has 0 amide bonds. The summed E-state index contributed by atoms with van der Waals surface area (Å²) < 4.78 is 18.2. The maximum Gasteiger partial charge on any atom is 0.131 e. The van der Waals surface area contributed by atoms with Crippen LogP contribution in [0.15, 0.2) is 12.1 Å². The monoisotopic (exact) mass is 179 g/mol. The van der Waals surface area contributed by atoms with E-state index in [1.807, 2.05) is 13.0 Å². The number of methoxy groups -OCH3 is 1. The molecule has 0 N–H and O–H groups in total. The first kappa shape index (κ1) is 9.53. The van der Waals surface area contributed by atoms with Crippen LogP contribution < -0.4 is 4.74 Å². The van der Waals surface area contributed by atoms with E-state index in [1.54, 1.807) is 6.07 Å². The fourth-order valence-corrected chi connectivity index (χ4v) is 1.20. The maximum absolute atomic E-state index is 13.3. The largest absolute Gasteiger partial charge is 0.496 e. The van der Waals surface area contributed by atoms with E-state index in [0.717, 1.165) is 0 Å². The predicted octanol–water partition coefficient (Wildman–Crippen LogP) is 2.27. The van der Waals surface area contributed by atoms with Gasteiger partial charge in [-0.2, -0.15) is 5.26 Å². The first-order valence-electron chi connectivity index (χ1n) is 3.99. The van der Waals surface area contributed by atoms with Crippen LogP contribution in [0.4, 0.5) is 4.39 Å². The van der Waals surface area contributed by atoms with Crippen molar-refractivity contribution in [1.29, 1.82) is 5.26 Å². The van der Waals surface area contributed by atoms with Crippen molar-refractivity contribution >= 4 is 0 Å². The Labute approximate surface area is 76.6 Å². The van der Waals surface area contributed by atoms with Crippen LogP contribution in [-0.4, -0.2) is 7.11 Å². The van der Waals surface area contributed by atoms with Gasteiger partial charge in [0.15, 0.2) is 0 Å². The second-order valence-electron chi connectivity index (χ2n) is 2.60. The first-order valence-corrected chi connectivity index (χ1v) is 3.99. The molecule has 0 saturated carbocycles. The van der Waals surface area contributed by atoms with Crippen LogP contribution >= 0.6 is 0 Å². The summed E-state index contributed by atoms with van der Waals surface area (Å²) in [5.74, 6) is 0.0671. The SMILES string of the molecule is CCc1c(F)cc(C#N)cc1OC. The summed E-state index contributed by atoms with van der Waals surface area (Å²) in [7, 11) is 1.47. The van der Waals surface area contributed by atoms with E-state index in [1.165, 1.54) is 13.2 Å². The molecule has 0 unspecified atom stereocenters. The summed E-state index contributed by atoms with van der Waals surface area (Å²) >= 11 is 0. The van der Waals surface area contributed by atoms with Crippen molar-refractivity contribution in [2.75, 3.05) is 7.11 Å². The minimum absolute atomic E-state index is 0.284. The average molecular weight is 179 g/mol. The molecule has 1 rings (SSSR count). The zero-order valence-electron chi connectivity index (χ0n) is 7.60. The van der Waals surface area contributed by atoms with Gasteiger partial charge in [0.25, 0.3) is 0 Å². The van der Waals surface area contributed by atoms with Crippen LogP contribution in [0.3, 0.4) is 0 Å². The van der Waals surface area contributed by atoms with E-state index in [9.17, 15) is 4.39 Å². The maximum atomic E-state index is 13.3. The van der Waals surface area contributed by atoms with Gasteiger partial charge in [-0.05, 0) is 18.6 Å². The summed E-state index contributed by atoms with van der Waals surface area (Å²) in [6.07, 6.45) is 0.556. The molecule has 0 aromatic heterocycles. The van der Waals surface area contributed by atoms with E-state index < -0.39 is 0 Å². The number of rotatable bonds is 2. The van der Waals surface area contributed by atoms with Gasteiger partial charge in [-0.3, -0.25) is 0 Å². The Bertz CT molecular complexity index is 355. The van der Waals surface area contributed by atoms with Gasteiger partial charge in [0.05, 0.1) is 18.7 Å². The Kier molecular flexibility index (Phi) is 2.86. The molecule has 13 heavy (non-hydrogen) atoms. The molecule has 0 saturated heterocycles. The lowest BCUT2D eigenvalue weighted by Gasteiger charge is -2.07. The van der Waals surface area contributed by atoms with E-state index >= 15 is 0 Å². The van der Waals surface area contributed by atoms with Crippen molar-refractivity contribution in [3.8, 4) is 11.8 Å². The Balaban J connectivity index is 3.31. The van der Waals surface area contributed by atoms with Crippen molar-refractivity contribution in [3.63, 3.8) is 0 Å². The number of nitriles is 1. The molecule has 0 heterocycles. The minimum atomic E-state index is -0.376. The summed E-state index contributed by atoms with van der Waals surface area (Å²) in [6.45, 7) is 1.84. The van der Waals surface area contributed by atoms with E-state index in [-0.39, 0.29) is 11.4 Å². The molecule has 0 spiro atoms. The Morgan fingerprint density at radius 1 is 1.54 bits per heavy atom. The van der Waals surface area contributed by atoms with Gasteiger partial charge in [-0.25, -0.2) is 4.39 Å². The number of hydrogen-bond acceptors (Lipinski definition) is 2. The lowest BCUT2D eigenvalue weighted by molar-refractivity contribution is 0.405. The second-order valence-corrected chi connectivity index (χ2v) is 2.60. The average Bonchev–Trinajstić information content (AvgIpc) is 2.16. The molecule has 0 bridgehead atoms. The highest BCUT2D eigenvalue weighted by Gasteiger charge is 2.09. The molecule has 68 valence electrons. The lowest BCUT2D eigenvalue weighted by atomic mass is 10.1. The van der Waals surface area contributed by atoms with Crippen molar-refractivity contribution < 1.29 is 9.13 Å². The Morgan fingerprint density at radius 2 is 2.23 bits per heavy atom. The van der Waals surface area contributed by atoms with Crippen molar-refractivity contribution in [2.24, 2.45) is 0 Å². The van der Waals surface area contributed by atoms with Gasteiger partial charge in [-0.1, -0.05) is 6.92 Å². The summed E-state index contributed by atoms with van der Waals surface area (Å²) in [5.41, 5.74) is 0.799. The Hall–Kier alpha value is -1.56. The van der Waals surface area contributed by atoms with Crippen LogP contribution in [0, 0.1) is 17.1 Å². The van der Waals surface area contributed by atoms with Crippen LogP contribution in [0.5, 0.6) is 5.75 Å². The molecule has 0 atom stereocenters. The molecule has 1 aromatic rings. The summed E-state index contributed by atoms with van der Waals surface area (Å²) in [6, 6.07) is 4.64. The fourth-order valence-electron chi connectivity index (χ4n) is 1.20. The van der Waals surface area contributed by atoms with Gasteiger partial charge in [0.2, 0.25) is 0 Å². The Morgan fingerprint density at radius 3 is 2.69 bits per heavy atom. The third kappa shape index (κ3) is 1.78. The predicted molar refractivity (Wildman–Crippen MR) is 47.0 cm³/mol. The zero-order chi connectivity index (χ0) is 9.84. The third-order valence-corrected chi connectivity index (χ3v) is 1.86. The van der Waals surface area contributed by atoms with Gasteiger partial charge in [0.1, 0.15) is 11.6 Å². The van der Waals surface area contributed by atoms with Gasteiger partial charge < -0.3 is 4.74 Å². The number of ether oxygens (including phenoxy) is 1. The van der Waals surface area contributed by atoms with E-state index in [0.29, 0.717) is 17.7 Å². The van der Waals surface area contributed by atoms with Gasteiger partial charge in [-0.15, -0.1) is 0 Å². The number of hydrogen-bond donors (Lipinski definition) is 0. The standard InChI is InChI=1S/C10H10FNO/c1-3-8-9(11)4-7(6-12)5-10(8)13-2/h4-5H,3H2,1-2H3. The highest BCUT2D eigenvalue weighted by molar-refractivity contribution is 5.43. The summed E-state index contributed by atoms with van der Waals surface area (Å²) in [5, 5.41) is 8.57. The van der Waals surface area contributed by atoms with Gasteiger partial charge >= 0.3 is 0 Å². The first-order chi connectivity index (χ1) is 6.22. The van der Waals surface area contributed by atoms with Crippen LogP contribution in [0.2, 0.25) is 0 Å². The third-order valence-electron chi connectivity index (χ3n) is 1.86. The highest BCUT2D eigenvalue weighted by atomic mass is 19.1. The normalized spacial score (nSPS) is 9.38. The number of benzene rings is 1. The number of halogens is 1. The molecule has 1 aromatic carbocycles. The zero-order valence-corrected chi connectivity index (χ0v) is 7.60. The molecule has 2 nitrogen and oxygen atoms in total. The highest BCUT2D eigenvalue weighted by Crippen LogP contribution is 2.23. The molecule has 0 fully saturated rings. The smallest absolute Gasteiger partial charge is 0.131 e. The van der Waals surface area contributed by atoms with Crippen molar-refractivity contribution in [2.45, 2.75) is 13.3 Å². The van der Waals surface area contributed by atoms with Crippen molar-refractivity contribution in [3.05, 3.63) is 29.1 Å². The van der Waals surface area contributed by atoms with Gasteiger partial charge in [0, 0.05) is 5.56 Å². The van der Waals surface area contributed by atoms with Crippen LogP contribution in [0.1, 0.15) is 18.1 Å². The molecule has 0 aliphatic carbocycles. The molecular formula is C10H10FNO. The molecule has 3 heteroatoms. The minimum Gasteiger partial charge on any atom is -0.496 e. The van der Waals surface area contributed by atoms with Crippen LogP contribution in [-0.2, 0) is 6.42 Å². The molecule has 0 aliphatic rings. The summed E-state index contributed by atoms with van der Waals surface area (Å²) in [4.78, 5) is 0. The fraction of sp³-hybridized carbons (Fsp3) is 0.300. The molecule has 0 radical (unpaired) electrons. The van der Waals surface area contributed by atoms with E-state index in [4.69, 9.17) is 10.00 Å². The lowest BCUT2D eigenvalue weighted by Crippen LogP contribution is -1.95. The quantitative estimate of drug-likeness (QED) is 0.697. The topological polar surface area (TPSA) is 33.0 Å². The molecular weight excluding hydrogens is 169 g/mol. The number of nitrogens with zero attached hydrogens (tertiary/aromatic N) is 1. The van der Waals surface area contributed by atoms with E-state index in [2.05, 4.69) is 0 Å². The molecule has 0 aliphatic heterocycles.